The van der Waals surface area contributed by atoms with E-state index in [2.05, 4.69) is 0 Å². The van der Waals surface area contributed by atoms with E-state index in [0.29, 0.717) is 6.42 Å². The lowest BCUT2D eigenvalue weighted by atomic mass is 9.97. The van der Waals surface area contributed by atoms with Crippen molar-refractivity contribution in [2.24, 2.45) is 5.92 Å². The topological polar surface area (TPSA) is 54.4 Å². The van der Waals surface area contributed by atoms with Crippen LogP contribution in [0.2, 0.25) is 0 Å². The summed E-state index contributed by atoms with van der Waals surface area (Å²) >= 11 is 0. The standard InChI is InChI=1S/C12H14O3/c1-9(7-12(14)15)11(13)8-10-5-3-2-4-6-10/h2-6,9H,7-8H2,1H3,(H,14,15). The Kier molecular flexibility index (Phi) is 4.03. The third-order valence-electron chi connectivity index (χ3n) is 2.25. The van der Waals surface area contributed by atoms with Gasteiger partial charge in [0.15, 0.2) is 0 Å². The Labute approximate surface area is 88.7 Å². The number of Topliss-reactive ketones (excluding diaryl/α,β-unsaturated/α-hetero) is 1. The summed E-state index contributed by atoms with van der Waals surface area (Å²) in [6, 6.07) is 9.35. The van der Waals surface area contributed by atoms with Crippen LogP contribution in [0.3, 0.4) is 0 Å². The van der Waals surface area contributed by atoms with Gasteiger partial charge in [0.25, 0.3) is 0 Å². The zero-order valence-corrected chi connectivity index (χ0v) is 8.64. The molecule has 0 amide bonds. The first kappa shape index (κ1) is 11.4. The Morgan fingerprint density at radius 1 is 1.27 bits per heavy atom. The molecule has 0 radical (unpaired) electrons. The molecule has 1 atom stereocenters. The van der Waals surface area contributed by atoms with Gasteiger partial charge < -0.3 is 5.11 Å². The average molecular weight is 206 g/mol. The lowest BCUT2D eigenvalue weighted by Crippen LogP contribution is -2.17. The molecule has 0 bridgehead atoms. The molecule has 0 saturated heterocycles. The molecule has 3 heteroatoms. The largest absolute Gasteiger partial charge is 0.481 e. The summed E-state index contributed by atoms with van der Waals surface area (Å²) in [7, 11) is 0. The summed E-state index contributed by atoms with van der Waals surface area (Å²) in [5.74, 6) is -1.37. The van der Waals surface area contributed by atoms with Crippen LogP contribution in [-0.4, -0.2) is 16.9 Å². The number of benzene rings is 1. The number of ketones is 1. The molecule has 1 unspecified atom stereocenters. The molecule has 0 aromatic heterocycles. The van der Waals surface area contributed by atoms with E-state index in [4.69, 9.17) is 5.11 Å². The molecule has 0 saturated carbocycles. The quantitative estimate of drug-likeness (QED) is 0.800. The van der Waals surface area contributed by atoms with Crippen molar-refractivity contribution in [2.75, 3.05) is 0 Å². The second-order valence-corrected chi connectivity index (χ2v) is 3.63. The summed E-state index contributed by atoms with van der Waals surface area (Å²) < 4.78 is 0. The number of carbonyl (C=O) groups is 2. The van der Waals surface area contributed by atoms with Crippen molar-refractivity contribution in [3.63, 3.8) is 0 Å². The van der Waals surface area contributed by atoms with E-state index in [1.165, 1.54) is 0 Å². The highest BCUT2D eigenvalue weighted by Crippen LogP contribution is 2.09. The SMILES string of the molecule is CC(CC(=O)O)C(=O)Cc1ccccc1. The predicted molar refractivity (Wildman–Crippen MR) is 56.6 cm³/mol. The summed E-state index contributed by atoms with van der Waals surface area (Å²) in [5.41, 5.74) is 0.930. The van der Waals surface area contributed by atoms with Crippen LogP contribution in [0.4, 0.5) is 0 Å². The maximum Gasteiger partial charge on any atom is 0.304 e. The average Bonchev–Trinajstić information content (AvgIpc) is 2.18. The molecule has 0 heterocycles. The first-order valence-electron chi connectivity index (χ1n) is 4.88. The van der Waals surface area contributed by atoms with Gasteiger partial charge in [-0.2, -0.15) is 0 Å². The van der Waals surface area contributed by atoms with Crippen molar-refractivity contribution in [1.29, 1.82) is 0 Å². The molecule has 0 aliphatic carbocycles. The summed E-state index contributed by atoms with van der Waals surface area (Å²) in [6.07, 6.45) is 0.223. The predicted octanol–water partition coefficient (Wildman–Crippen LogP) is 1.91. The summed E-state index contributed by atoms with van der Waals surface area (Å²) in [5, 5.41) is 8.55. The fourth-order valence-corrected chi connectivity index (χ4v) is 1.35. The second kappa shape index (κ2) is 5.29. The zero-order chi connectivity index (χ0) is 11.3. The van der Waals surface area contributed by atoms with E-state index >= 15 is 0 Å². The van der Waals surface area contributed by atoms with Crippen LogP contribution in [0.1, 0.15) is 18.9 Å². The Morgan fingerprint density at radius 2 is 1.87 bits per heavy atom. The van der Waals surface area contributed by atoms with Crippen LogP contribution in [-0.2, 0) is 16.0 Å². The van der Waals surface area contributed by atoms with E-state index < -0.39 is 11.9 Å². The highest BCUT2D eigenvalue weighted by atomic mass is 16.4. The monoisotopic (exact) mass is 206 g/mol. The van der Waals surface area contributed by atoms with E-state index in [0.717, 1.165) is 5.56 Å². The molecular formula is C12H14O3. The fraction of sp³-hybridized carbons (Fsp3) is 0.333. The van der Waals surface area contributed by atoms with Gasteiger partial charge in [-0.05, 0) is 5.56 Å². The van der Waals surface area contributed by atoms with E-state index in [9.17, 15) is 9.59 Å². The van der Waals surface area contributed by atoms with Gasteiger partial charge >= 0.3 is 5.97 Å². The van der Waals surface area contributed by atoms with E-state index in [1.54, 1.807) is 6.92 Å². The van der Waals surface area contributed by atoms with E-state index in [-0.39, 0.29) is 12.2 Å². The molecule has 15 heavy (non-hydrogen) atoms. The van der Waals surface area contributed by atoms with Gasteiger partial charge in [-0.15, -0.1) is 0 Å². The third-order valence-corrected chi connectivity index (χ3v) is 2.25. The molecule has 0 aliphatic rings. The highest BCUT2D eigenvalue weighted by molar-refractivity contribution is 5.86. The van der Waals surface area contributed by atoms with Crippen LogP contribution in [0.15, 0.2) is 30.3 Å². The first-order valence-corrected chi connectivity index (χ1v) is 4.88. The van der Waals surface area contributed by atoms with Gasteiger partial charge in [-0.25, -0.2) is 0 Å². The molecule has 1 N–H and O–H groups in total. The number of carboxylic acid groups (broad SMARTS) is 1. The molecule has 1 rings (SSSR count). The van der Waals surface area contributed by atoms with Gasteiger partial charge in [0.1, 0.15) is 5.78 Å². The number of carboxylic acids is 1. The van der Waals surface area contributed by atoms with Crippen molar-refractivity contribution >= 4 is 11.8 Å². The Hall–Kier alpha value is -1.64. The Bertz CT molecular complexity index is 343. The summed E-state index contributed by atoms with van der Waals surface area (Å²) in [6.45, 7) is 1.65. The first-order chi connectivity index (χ1) is 7.09. The Morgan fingerprint density at radius 3 is 2.40 bits per heavy atom. The number of carbonyl (C=O) groups excluding carboxylic acids is 1. The Balaban J connectivity index is 2.52. The normalized spacial score (nSPS) is 12.1. The highest BCUT2D eigenvalue weighted by Gasteiger charge is 2.16. The lowest BCUT2D eigenvalue weighted by Gasteiger charge is -2.07. The minimum Gasteiger partial charge on any atom is -0.481 e. The minimum atomic E-state index is -0.927. The molecule has 3 nitrogen and oxygen atoms in total. The van der Waals surface area contributed by atoms with Crippen LogP contribution in [0.25, 0.3) is 0 Å². The second-order valence-electron chi connectivity index (χ2n) is 3.63. The van der Waals surface area contributed by atoms with Crippen molar-refractivity contribution < 1.29 is 14.7 Å². The van der Waals surface area contributed by atoms with Crippen molar-refractivity contribution in [2.45, 2.75) is 19.8 Å². The van der Waals surface area contributed by atoms with Crippen LogP contribution >= 0.6 is 0 Å². The molecular weight excluding hydrogens is 192 g/mol. The number of hydrogen-bond acceptors (Lipinski definition) is 2. The van der Waals surface area contributed by atoms with Crippen molar-refractivity contribution in [3.8, 4) is 0 Å². The van der Waals surface area contributed by atoms with Crippen LogP contribution in [0.5, 0.6) is 0 Å². The third kappa shape index (κ3) is 3.94. The molecule has 1 aromatic rings. The molecule has 0 spiro atoms. The van der Waals surface area contributed by atoms with Gasteiger partial charge in [-0.3, -0.25) is 9.59 Å². The number of rotatable bonds is 5. The zero-order valence-electron chi connectivity index (χ0n) is 8.64. The number of hydrogen-bond donors (Lipinski definition) is 1. The fourth-order valence-electron chi connectivity index (χ4n) is 1.35. The van der Waals surface area contributed by atoms with Gasteiger partial charge in [-0.1, -0.05) is 37.3 Å². The molecule has 1 aromatic carbocycles. The molecule has 0 aliphatic heterocycles. The molecule has 0 fully saturated rings. The van der Waals surface area contributed by atoms with Gasteiger partial charge in [0, 0.05) is 12.3 Å². The molecule has 80 valence electrons. The lowest BCUT2D eigenvalue weighted by molar-refractivity contribution is -0.140. The van der Waals surface area contributed by atoms with Crippen LogP contribution in [0, 0.1) is 5.92 Å². The van der Waals surface area contributed by atoms with E-state index in [1.807, 2.05) is 30.3 Å². The van der Waals surface area contributed by atoms with Crippen LogP contribution < -0.4 is 0 Å². The smallest absolute Gasteiger partial charge is 0.304 e. The summed E-state index contributed by atoms with van der Waals surface area (Å²) in [4.78, 5) is 22.0. The van der Waals surface area contributed by atoms with Gasteiger partial charge in [0.2, 0.25) is 0 Å². The minimum absolute atomic E-state index is 0.0244. The van der Waals surface area contributed by atoms with Crippen molar-refractivity contribution in [3.05, 3.63) is 35.9 Å². The maximum atomic E-state index is 11.6. The number of aliphatic carboxylic acids is 1. The maximum absolute atomic E-state index is 11.6. The van der Waals surface area contributed by atoms with Crippen molar-refractivity contribution in [1.82, 2.24) is 0 Å². The van der Waals surface area contributed by atoms with Gasteiger partial charge in [0.05, 0.1) is 6.42 Å².